The Balaban J connectivity index is 2.95. The van der Waals surface area contributed by atoms with E-state index in [9.17, 15) is 9.18 Å². The smallest absolute Gasteiger partial charge is 0.243 e. The molecule has 1 aromatic carbocycles. The minimum absolute atomic E-state index is 0.310. The number of halogens is 1. The van der Waals surface area contributed by atoms with Crippen LogP contribution in [-0.4, -0.2) is 18.0 Å². The Morgan fingerprint density at radius 2 is 2.07 bits per heavy atom. The number of carbonyl (C=O) groups excluding carboxylic acids is 1. The molecular formula is C10H13FN2O. The zero-order valence-electron chi connectivity index (χ0n) is 8.20. The molecule has 0 radical (unpaired) electrons. The normalized spacial score (nSPS) is 12.3. The van der Waals surface area contributed by atoms with E-state index in [0.29, 0.717) is 5.56 Å². The van der Waals surface area contributed by atoms with Gasteiger partial charge in [-0.15, -0.1) is 0 Å². The molecule has 0 aromatic heterocycles. The minimum Gasteiger partial charge on any atom is -0.283 e. The van der Waals surface area contributed by atoms with Crippen LogP contribution >= 0.6 is 0 Å². The van der Waals surface area contributed by atoms with Gasteiger partial charge < -0.3 is 0 Å². The molecule has 0 fully saturated rings. The Morgan fingerprint density at radius 1 is 1.50 bits per heavy atom. The summed E-state index contributed by atoms with van der Waals surface area (Å²) in [6.45, 7) is 1.63. The van der Waals surface area contributed by atoms with E-state index in [1.807, 2.05) is 0 Å². The molecule has 14 heavy (non-hydrogen) atoms. The minimum atomic E-state index is -0.550. The second-order valence-corrected chi connectivity index (χ2v) is 3.19. The summed E-state index contributed by atoms with van der Waals surface area (Å²) in [4.78, 5) is 11.4. The van der Waals surface area contributed by atoms with Crippen molar-refractivity contribution in [3.63, 3.8) is 0 Å². The van der Waals surface area contributed by atoms with Gasteiger partial charge in [-0.3, -0.25) is 9.80 Å². The molecule has 1 unspecified atom stereocenters. The van der Waals surface area contributed by atoms with Crippen molar-refractivity contribution in [2.24, 2.45) is 5.84 Å². The third-order valence-corrected chi connectivity index (χ3v) is 2.09. The fraction of sp³-hybridized carbons (Fsp3) is 0.300. The molecule has 3 nitrogen and oxygen atoms in total. The zero-order valence-corrected chi connectivity index (χ0v) is 8.20. The molecule has 0 heterocycles. The number of hydrogen-bond acceptors (Lipinski definition) is 2. The molecular weight excluding hydrogens is 183 g/mol. The molecule has 0 spiro atoms. The van der Waals surface area contributed by atoms with Crippen molar-refractivity contribution in [2.45, 2.75) is 12.8 Å². The van der Waals surface area contributed by atoms with Crippen molar-refractivity contribution in [3.8, 4) is 0 Å². The van der Waals surface area contributed by atoms with Crippen LogP contribution in [0.25, 0.3) is 0 Å². The molecule has 0 aliphatic rings. The van der Waals surface area contributed by atoms with Crippen molar-refractivity contribution < 1.29 is 9.18 Å². The first-order valence-electron chi connectivity index (χ1n) is 4.30. The summed E-state index contributed by atoms with van der Waals surface area (Å²) in [7, 11) is 1.44. The van der Waals surface area contributed by atoms with Crippen molar-refractivity contribution in [1.82, 2.24) is 5.01 Å². The van der Waals surface area contributed by atoms with Crippen molar-refractivity contribution in [1.29, 1.82) is 0 Å². The summed E-state index contributed by atoms with van der Waals surface area (Å²) < 4.78 is 13.3. The fourth-order valence-corrected chi connectivity index (χ4v) is 1.26. The third kappa shape index (κ3) is 2.09. The average Bonchev–Trinajstić information content (AvgIpc) is 2.16. The summed E-state index contributed by atoms with van der Waals surface area (Å²) in [5, 5.41) is 0.969. The first-order valence-corrected chi connectivity index (χ1v) is 4.30. The maximum Gasteiger partial charge on any atom is 0.243 e. The lowest BCUT2D eigenvalue weighted by molar-refractivity contribution is -0.131. The van der Waals surface area contributed by atoms with Crippen molar-refractivity contribution >= 4 is 5.91 Å². The number of likely N-dealkylation sites (N-methyl/N-ethyl adjacent to an activating group) is 1. The molecule has 76 valence electrons. The van der Waals surface area contributed by atoms with E-state index >= 15 is 0 Å². The highest BCUT2D eigenvalue weighted by Gasteiger charge is 2.19. The number of rotatable bonds is 2. The van der Waals surface area contributed by atoms with Gasteiger partial charge in [0.05, 0.1) is 5.92 Å². The highest BCUT2D eigenvalue weighted by Crippen LogP contribution is 2.19. The van der Waals surface area contributed by atoms with Crippen LogP contribution in [0.4, 0.5) is 4.39 Å². The van der Waals surface area contributed by atoms with Crippen LogP contribution in [0.2, 0.25) is 0 Å². The van der Waals surface area contributed by atoms with E-state index in [2.05, 4.69) is 0 Å². The van der Waals surface area contributed by atoms with Crippen LogP contribution < -0.4 is 5.84 Å². The van der Waals surface area contributed by atoms with E-state index in [1.54, 1.807) is 25.1 Å². The molecule has 1 amide bonds. The number of nitrogens with two attached hydrogens (primary N) is 1. The molecule has 0 aliphatic carbocycles. The van der Waals surface area contributed by atoms with E-state index in [0.717, 1.165) is 5.01 Å². The Kier molecular flexibility index (Phi) is 3.19. The predicted octanol–water partition coefficient (Wildman–Crippen LogP) is 1.26. The standard InChI is InChI=1S/C10H13FN2O/c1-7(10(14)13(2)12)8-5-3-4-6-9(8)11/h3-7H,12H2,1-2H3. The van der Waals surface area contributed by atoms with E-state index in [1.165, 1.54) is 13.1 Å². The van der Waals surface area contributed by atoms with E-state index in [-0.39, 0.29) is 11.7 Å². The number of benzene rings is 1. The lowest BCUT2D eigenvalue weighted by Gasteiger charge is -2.16. The highest BCUT2D eigenvalue weighted by molar-refractivity contribution is 5.82. The van der Waals surface area contributed by atoms with Gasteiger partial charge in [0.1, 0.15) is 5.82 Å². The van der Waals surface area contributed by atoms with Crippen LogP contribution in [0.5, 0.6) is 0 Å². The Morgan fingerprint density at radius 3 is 2.57 bits per heavy atom. The van der Waals surface area contributed by atoms with Crippen LogP contribution in [0, 0.1) is 5.82 Å². The monoisotopic (exact) mass is 196 g/mol. The number of hydrazine groups is 1. The fourth-order valence-electron chi connectivity index (χ4n) is 1.26. The second kappa shape index (κ2) is 4.19. The second-order valence-electron chi connectivity index (χ2n) is 3.19. The highest BCUT2D eigenvalue weighted by atomic mass is 19.1. The molecule has 0 bridgehead atoms. The molecule has 1 atom stereocenters. The summed E-state index contributed by atoms with van der Waals surface area (Å²) in [6.07, 6.45) is 0. The van der Waals surface area contributed by atoms with Gasteiger partial charge in [0.25, 0.3) is 0 Å². The van der Waals surface area contributed by atoms with Crippen LogP contribution in [-0.2, 0) is 4.79 Å². The Labute approximate surface area is 82.3 Å². The van der Waals surface area contributed by atoms with E-state index < -0.39 is 5.92 Å². The summed E-state index contributed by atoms with van der Waals surface area (Å²) in [5.74, 6) is 4.05. The average molecular weight is 196 g/mol. The van der Waals surface area contributed by atoms with Gasteiger partial charge in [-0.25, -0.2) is 10.2 Å². The third-order valence-electron chi connectivity index (χ3n) is 2.09. The van der Waals surface area contributed by atoms with E-state index in [4.69, 9.17) is 5.84 Å². The Hall–Kier alpha value is -1.42. The van der Waals surface area contributed by atoms with Crippen molar-refractivity contribution in [2.75, 3.05) is 7.05 Å². The van der Waals surface area contributed by atoms with Gasteiger partial charge in [-0.2, -0.15) is 0 Å². The molecule has 0 aliphatic heterocycles. The van der Waals surface area contributed by atoms with Gasteiger partial charge in [0.15, 0.2) is 0 Å². The van der Waals surface area contributed by atoms with Gasteiger partial charge in [-0.1, -0.05) is 18.2 Å². The largest absolute Gasteiger partial charge is 0.283 e. The lowest BCUT2D eigenvalue weighted by Crippen LogP contribution is -2.36. The topological polar surface area (TPSA) is 46.3 Å². The number of hydrogen-bond donors (Lipinski definition) is 1. The summed E-state index contributed by atoms with van der Waals surface area (Å²) in [5.41, 5.74) is 0.370. The van der Waals surface area contributed by atoms with Crippen LogP contribution in [0.15, 0.2) is 24.3 Å². The molecule has 1 aromatic rings. The Bertz CT molecular complexity index is 339. The molecule has 1 rings (SSSR count). The predicted molar refractivity (Wildman–Crippen MR) is 51.8 cm³/mol. The SMILES string of the molecule is CC(C(=O)N(C)N)c1ccccc1F. The molecule has 2 N–H and O–H groups in total. The van der Waals surface area contributed by atoms with Crippen LogP contribution in [0.1, 0.15) is 18.4 Å². The maximum absolute atomic E-state index is 13.3. The molecule has 0 saturated carbocycles. The number of amides is 1. The summed E-state index contributed by atoms with van der Waals surface area (Å²) in [6, 6.07) is 6.19. The molecule has 0 saturated heterocycles. The van der Waals surface area contributed by atoms with Gasteiger partial charge in [0.2, 0.25) is 5.91 Å². The first-order chi connectivity index (χ1) is 6.54. The van der Waals surface area contributed by atoms with Gasteiger partial charge >= 0.3 is 0 Å². The number of carbonyl (C=O) groups is 1. The van der Waals surface area contributed by atoms with Crippen molar-refractivity contribution in [3.05, 3.63) is 35.6 Å². The quantitative estimate of drug-likeness (QED) is 0.439. The lowest BCUT2D eigenvalue weighted by atomic mass is 10.00. The first kappa shape index (κ1) is 10.7. The van der Waals surface area contributed by atoms with Gasteiger partial charge in [0, 0.05) is 12.6 Å². The maximum atomic E-state index is 13.3. The van der Waals surface area contributed by atoms with Crippen LogP contribution in [0.3, 0.4) is 0 Å². The zero-order chi connectivity index (χ0) is 10.7. The van der Waals surface area contributed by atoms with Gasteiger partial charge in [-0.05, 0) is 13.0 Å². The molecule has 4 heteroatoms. The summed E-state index contributed by atoms with van der Waals surface area (Å²) >= 11 is 0. The number of nitrogens with zero attached hydrogens (tertiary/aromatic N) is 1.